The summed E-state index contributed by atoms with van der Waals surface area (Å²) in [7, 11) is 1.67. The fraction of sp³-hybridized carbons (Fsp3) is 0.632. The Morgan fingerprint density at radius 3 is 3.00 bits per heavy atom. The molecule has 1 amide bonds. The molecule has 0 bridgehead atoms. The first-order valence-electron chi connectivity index (χ1n) is 8.92. The normalized spacial score (nSPS) is 22.2. The van der Waals surface area contributed by atoms with Crippen LogP contribution in [0.4, 0.5) is 0 Å². The van der Waals surface area contributed by atoms with Gasteiger partial charge >= 0.3 is 0 Å². The minimum absolute atomic E-state index is 0.0995. The van der Waals surface area contributed by atoms with Crippen LogP contribution in [-0.4, -0.2) is 56.1 Å². The molecule has 6 nitrogen and oxygen atoms in total. The number of methoxy groups -OCH3 is 1. The Morgan fingerprint density at radius 1 is 1.36 bits per heavy atom. The Kier molecular flexibility index (Phi) is 5.81. The van der Waals surface area contributed by atoms with Gasteiger partial charge in [0.15, 0.2) is 11.5 Å². The molecule has 1 fully saturated rings. The molecule has 1 aromatic rings. The number of piperidine rings is 1. The highest BCUT2D eigenvalue weighted by Gasteiger charge is 2.36. The van der Waals surface area contributed by atoms with Crippen molar-refractivity contribution in [3.63, 3.8) is 0 Å². The van der Waals surface area contributed by atoms with Gasteiger partial charge in [-0.3, -0.25) is 4.79 Å². The van der Waals surface area contributed by atoms with E-state index in [0.29, 0.717) is 26.0 Å². The van der Waals surface area contributed by atoms with Gasteiger partial charge < -0.3 is 24.2 Å². The number of aliphatic hydroxyl groups is 1. The van der Waals surface area contributed by atoms with Crippen LogP contribution in [0.1, 0.15) is 31.2 Å². The molecular formula is C19H27NO5. The number of fused-ring (bicyclic) bond motifs is 1. The molecule has 3 rings (SSSR count). The molecule has 0 aliphatic carbocycles. The van der Waals surface area contributed by atoms with E-state index in [1.165, 1.54) is 0 Å². The molecule has 0 aromatic heterocycles. The number of hydrogen-bond acceptors (Lipinski definition) is 5. The summed E-state index contributed by atoms with van der Waals surface area (Å²) in [5.74, 6) is 1.66. The first kappa shape index (κ1) is 18.0. The monoisotopic (exact) mass is 349 g/mol. The summed E-state index contributed by atoms with van der Waals surface area (Å²) in [6.07, 6.45) is 3.80. The van der Waals surface area contributed by atoms with Crippen molar-refractivity contribution in [2.75, 3.05) is 40.2 Å². The highest BCUT2D eigenvalue weighted by atomic mass is 16.7. The quantitative estimate of drug-likeness (QED) is 0.815. The first-order valence-corrected chi connectivity index (χ1v) is 8.92. The van der Waals surface area contributed by atoms with Crippen LogP contribution in [0.25, 0.3) is 0 Å². The molecule has 0 radical (unpaired) electrons. The van der Waals surface area contributed by atoms with Crippen molar-refractivity contribution in [2.45, 2.75) is 32.1 Å². The lowest BCUT2D eigenvalue weighted by molar-refractivity contribution is -0.136. The van der Waals surface area contributed by atoms with Crippen LogP contribution in [0, 0.1) is 5.41 Å². The number of carbonyl (C=O) groups is 1. The van der Waals surface area contributed by atoms with Gasteiger partial charge in [-0.1, -0.05) is 6.07 Å². The molecule has 2 heterocycles. The summed E-state index contributed by atoms with van der Waals surface area (Å²) in [6, 6.07) is 5.82. The molecule has 25 heavy (non-hydrogen) atoms. The lowest BCUT2D eigenvalue weighted by atomic mass is 9.78. The number of benzene rings is 1. The fourth-order valence-electron chi connectivity index (χ4n) is 3.66. The molecule has 1 saturated heterocycles. The number of aryl methyl sites for hydroxylation is 1. The molecule has 0 unspecified atom stereocenters. The second kappa shape index (κ2) is 8.06. The Morgan fingerprint density at radius 2 is 2.20 bits per heavy atom. The number of hydrogen-bond donors (Lipinski definition) is 1. The third-order valence-corrected chi connectivity index (χ3v) is 5.25. The van der Waals surface area contributed by atoms with Crippen molar-refractivity contribution < 1.29 is 24.1 Å². The van der Waals surface area contributed by atoms with Crippen LogP contribution in [0.3, 0.4) is 0 Å². The average Bonchev–Trinajstić information content (AvgIpc) is 3.12. The molecule has 0 spiro atoms. The van der Waals surface area contributed by atoms with Gasteiger partial charge in [-0.15, -0.1) is 0 Å². The standard InChI is InChI=1S/C19H27NO5/c1-23-10-8-19(13-21)7-2-9-20(12-19)18(22)6-4-15-3-5-16-17(11-15)25-14-24-16/h3,5,11,21H,2,4,6-10,12-14H2,1H3/t19-/m1/s1. The predicted octanol–water partition coefficient (Wildman–Crippen LogP) is 1.99. The number of amides is 1. The summed E-state index contributed by atoms with van der Waals surface area (Å²) >= 11 is 0. The van der Waals surface area contributed by atoms with Gasteiger partial charge in [0.2, 0.25) is 12.7 Å². The van der Waals surface area contributed by atoms with Gasteiger partial charge in [0.05, 0.1) is 6.61 Å². The van der Waals surface area contributed by atoms with Crippen molar-refractivity contribution in [3.05, 3.63) is 23.8 Å². The lowest BCUT2D eigenvalue weighted by Crippen LogP contribution is -2.48. The molecule has 6 heteroatoms. The van der Waals surface area contributed by atoms with Crippen molar-refractivity contribution in [2.24, 2.45) is 5.41 Å². The smallest absolute Gasteiger partial charge is 0.231 e. The minimum Gasteiger partial charge on any atom is -0.454 e. The Hall–Kier alpha value is -1.79. The summed E-state index contributed by atoms with van der Waals surface area (Å²) < 4.78 is 15.9. The topological polar surface area (TPSA) is 68.2 Å². The van der Waals surface area contributed by atoms with E-state index in [4.69, 9.17) is 14.2 Å². The molecule has 1 atom stereocenters. The van der Waals surface area contributed by atoms with E-state index in [1.807, 2.05) is 23.1 Å². The van der Waals surface area contributed by atoms with E-state index >= 15 is 0 Å². The van der Waals surface area contributed by atoms with Crippen LogP contribution in [0.5, 0.6) is 11.5 Å². The van der Waals surface area contributed by atoms with E-state index in [9.17, 15) is 9.90 Å². The molecular weight excluding hydrogens is 322 g/mol. The van der Waals surface area contributed by atoms with Crippen molar-refractivity contribution in [3.8, 4) is 11.5 Å². The van der Waals surface area contributed by atoms with E-state index in [-0.39, 0.29) is 24.7 Å². The third-order valence-electron chi connectivity index (χ3n) is 5.25. The van der Waals surface area contributed by atoms with E-state index < -0.39 is 0 Å². The zero-order chi connectivity index (χ0) is 17.7. The second-order valence-corrected chi connectivity index (χ2v) is 7.01. The average molecular weight is 349 g/mol. The van der Waals surface area contributed by atoms with Gasteiger partial charge in [-0.25, -0.2) is 0 Å². The largest absolute Gasteiger partial charge is 0.454 e. The Balaban J connectivity index is 1.55. The third kappa shape index (κ3) is 4.25. The Labute approximate surface area is 148 Å². The summed E-state index contributed by atoms with van der Waals surface area (Å²) in [6.45, 7) is 2.36. The summed E-state index contributed by atoms with van der Waals surface area (Å²) in [4.78, 5) is 14.5. The van der Waals surface area contributed by atoms with Crippen molar-refractivity contribution >= 4 is 5.91 Å². The molecule has 0 saturated carbocycles. The molecule has 2 aliphatic rings. The second-order valence-electron chi connectivity index (χ2n) is 7.01. The van der Waals surface area contributed by atoms with Gasteiger partial charge in [-0.2, -0.15) is 0 Å². The fourth-order valence-corrected chi connectivity index (χ4v) is 3.66. The highest BCUT2D eigenvalue weighted by Crippen LogP contribution is 2.34. The zero-order valence-electron chi connectivity index (χ0n) is 14.8. The van der Waals surface area contributed by atoms with Crippen LogP contribution in [0.15, 0.2) is 18.2 Å². The molecule has 138 valence electrons. The number of nitrogens with zero attached hydrogens (tertiary/aromatic N) is 1. The van der Waals surface area contributed by atoms with Gasteiger partial charge in [-0.05, 0) is 43.4 Å². The van der Waals surface area contributed by atoms with Crippen LogP contribution < -0.4 is 9.47 Å². The van der Waals surface area contributed by atoms with Crippen LogP contribution >= 0.6 is 0 Å². The van der Waals surface area contributed by atoms with Gasteiger partial charge in [0.25, 0.3) is 0 Å². The maximum atomic E-state index is 12.6. The van der Waals surface area contributed by atoms with E-state index in [2.05, 4.69) is 0 Å². The SMILES string of the molecule is COCC[C@]1(CO)CCCN(C(=O)CCc2ccc3c(c2)OCO3)C1. The van der Waals surface area contributed by atoms with Crippen LogP contribution in [0.2, 0.25) is 0 Å². The number of carbonyl (C=O) groups excluding carboxylic acids is 1. The van der Waals surface area contributed by atoms with Crippen molar-refractivity contribution in [1.29, 1.82) is 0 Å². The van der Waals surface area contributed by atoms with Crippen LogP contribution in [-0.2, 0) is 16.0 Å². The van der Waals surface area contributed by atoms with Gasteiger partial charge in [0.1, 0.15) is 0 Å². The summed E-state index contributed by atoms with van der Waals surface area (Å²) in [5, 5.41) is 9.85. The number of ether oxygens (including phenoxy) is 3. The van der Waals surface area contributed by atoms with Crippen molar-refractivity contribution in [1.82, 2.24) is 4.90 Å². The maximum Gasteiger partial charge on any atom is 0.231 e. The first-order chi connectivity index (χ1) is 12.2. The zero-order valence-corrected chi connectivity index (χ0v) is 14.8. The lowest BCUT2D eigenvalue weighted by Gasteiger charge is -2.42. The Bertz CT molecular complexity index is 605. The minimum atomic E-state index is -0.220. The highest BCUT2D eigenvalue weighted by molar-refractivity contribution is 5.76. The number of rotatable bonds is 7. The molecule has 1 N–H and O–H groups in total. The molecule has 1 aromatic carbocycles. The number of likely N-dealkylation sites (tertiary alicyclic amines) is 1. The predicted molar refractivity (Wildman–Crippen MR) is 92.7 cm³/mol. The van der Waals surface area contributed by atoms with E-state index in [1.54, 1.807) is 7.11 Å². The number of aliphatic hydroxyl groups excluding tert-OH is 1. The van der Waals surface area contributed by atoms with E-state index in [0.717, 1.165) is 42.9 Å². The maximum absolute atomic E-state index is 12.6. The summed E-state index contributed by atoms with van der Waals surface area (Å²) in [5.41, 5.74) is 0.852. The van der Waals surface area contributed by atoms with Gasteiger partial charge in [0, 0.05) is 38.6 Å². The molecule has 2 aliphatic heterocycles.